The van der Waals surface area contributed by atoms with E-state index in [1.807, 2.05) is 0 Å². The highest BCUT2D eigenvalue weighted by molar-refractivity contribution is 7.87. The molecule has 0 aliphatic rings. The maximum Gasteiger partial charge on any atom is 0.274 e. The normalized spacial score (nSPS) is 14.6. The Morgan fingerprint density at radius 2 is 2.17 bits per heavy atom. The summed E-state index contributed by atoms with van der Waals surface area (Å²) in [4.78, 5) is 0. The third-order valence-corrected chi connectivity index (χ3v) is 1.81. The van der Waals surface area contributed by atoms with E-state index in [4.69, 9.17) is 10.5 Å². The molecule has 0 aromatic carbocycles. The third-order valence-electron chi connectivity index (χ3n) is 1.20. The first-order valence-corrected chi connectivity index (χ1v) is 5.02. The molecule has 74 valence electrons. The van der Waals surface area contributed by atoms with Crippen LogP contribution in [0.4, 0.5) is 0 Å². The molecule has 0 aliphatic carbocycles. The van der Waals surface area contributed by atoms with Gasteiger partial charge in [-0.05, 0) is 6.42 Å². The van der Waals surface area contributed by atoms with Crippen molar-refractivity contribution in [2.45, 2.75) is 12.5 Å². The summed E-state index contributed by atoms with van der Waals surface area (Å²) in [6.07, 6.45) is 0.504. The first-order valence-electron chi connectivity index (χ1n) is 3.47. The Balaban J connectivity index is 3.44. The zero-order chi connectivity index (χ0) is 9.61. The van der Waals surface area contributed by atoms with Crippen LogP contribution in [0.25, 0.3) is 0 Å². The maximum absolute atomic E-state index is 10.4. The lowest BCUT2D eigenvalue weighted by atomic mass is 10.2. The highest BCUT2D eigenvalue weighted by Gasteiger charge is 2.04. The van der Waals surface area contributed by atoms with Crippen molar-refractivity contribution in [3.8, 4) is 0 Å². The zero-order valence-electron chi connectivity index (χ0n) is 6.99. The van der Waals surface area contributed by atoms with Crippen molar-refractivity contribution in [3.05, 3.63) is 0 Å². The molecule has 0 saturated carbocycles. The highest BCUT2D eigenvalue weighted by Crippen LogP contribution is 1.86. The van der Waals surface area contributed by atoms with E-state index in [0.29, 0.717) is 13.0 Å². The van der Waals surface area contributed by atoms with Gasteiger partial charge in [0, 0.05) is 19.7 Å². The summed E-state index contributed by atoms with van der Waals surface area (Å²) in [6.45, 7) is 0.648. The number of methoxy groups -OCH3 is 1. The van der Waals surface area contributed by atoms with Crippen LogP contribution in [-0.4, -0.2) is 34.7 Å². The molecule has 0 aliphatic heterocycles. The first kappa shape index (κ1) is 11.8. The standard InChI is InChI=1S/C5H15N3O3S/c1-11-4-5(6)2-3-8-12(7,9)10/h5,8H,2-4,6H2,1H3,(H2,7,9,10). The van der Waals surface area contributed by atoms with Gasteiger partial charge in [0.05, 0.1) is 6.61 Å². The van der Waals surface area contributed by atoms with Crippen LogP contribution in [-0.2, 0) is 14.9 Å². The molecule has 0 spiro atoms. The van der Waals surface area contributed by atoms with Gasteiger partial charge in [-0.3, -0.25) is 0 Å². The SMILES string of the molecule is COCC(N)CCNS(N)(=O)=O. The topological polar surface area (TPSA) is 107 Å². The van der Waals surface area contributed by atoms with Crippen LogP contribution in [0.2, 0.25) is 0 Å². The van der Waals surface area contributed by atoms with Gasteiger partial charge in [0.25, 0.3) is 10.2 Å². The fraction of sp³-hybridized carbons (Fsp3) is 1.00. The Bertz CT molecular complexity index is 204. The molecule has 0 saturated heterocycles. The summed E-state index contributed by atoms with van der Waals surface area (Å²) in [5.74, 6) is 0. The molecule has 6 nitrogen and oxygen atoms in total. The van der Waals surface area contributed by atoms with Crippen LogP contribution < -0.4 is 15.6 Å². The Morgan fingerprint density at radius 1 is 1.58 bits per heavy atom. The van der Waals surface area contributed by atoms with Crippen LogP contribution in [0.3, 0.4) is 0 Å². The van der Waals surface area contributed by atoms with Crippen molar-refractivity contribution in [3.63, 3.8) is 0 Å². The monoisotopic (exact) mass is 197 g/mol. The van der Waals surface area contributed by atoms with Crippen molar-refractivity contribution in [2.75, 3.05) is 20.3 Å². The van der Waals surface area contributed by atoms with E-state index in [-0.39, 0.29) is 12.6 Å². The maximum atomic E-state index is 10.4. The molecule has 1 unspecified atom stereocenters. The minimum atomic E-state index is -3.58. The van der Waals surface area contributed by atoms with Gasteiger partial charge in [-0.1, -0.05) is 0 Å². The lowest BCUT2D eigenvalue weighted by molar-refractivity contribution is 0.177. The van der Waals surface area contributed by atoms with E-state index in [0.717, 1.165) is 0 Å². The van der Waals surface area contributed by atoms with E-state index in [1.54, 1.807) is 0 Å². The Kier molecular flexibility index (Phi) is 5.34. The smallest absolute Gasteiger partial charge is 0.274 e. The summed E-state index contributed by atoms with van der Waals surface area (Å²) >= 11 is 0. The largest absolute Gasteiger partial charge is 0.383 e. The van der Waals surface area contributed by atoms with E-state index >= 15 is 0 Å². The number of hydrogen-bond donors (Lipinski definition) is 3. The molecule has 0 radical (unpaired) electrons. The zero-order valence-corrected chi connectivity index (χ0v) is 7.80. The van der Waals surface area contributed by atoms with Gasteiger partial charge in [-0.15, -0.1) is 0 Å². The molecular formula is C5H15N3O3S. The molecule has 0 heterocycles. The van der Waals surface area contributed by atoms with E-state index in [2.05, 4.69) is 9.86 Å². The molecule has 0 aromatic heterocycles. The quantitative estimate of drug-likeness (QED) is 0.464. The van der Waals surface area contributed by atoms with E-state index in [1.165, 1.54) is 7.11 Å². The fourth-order valence-electron chi connectivity index (χ4n) is 0.684. The molecule has 0 bridgehead atoms. The summed E-state index contributed by atoms with van der Waals surface area (Å²) in [6, 6.07) is -0.163. The average Bonchev–Trinajstić information content (AvgIpc) is 1.84. The van der Waals surface area contributed by atoms with Gasteiger partial charge in [-0.25, -0.2) is 9.86 Å². The summed E-state index contributed by atoms with van der Waals surface area (Å²) < 4.78 is 27.6. The average molecular weight is 197 g/mol. The Labute approximate surface area is 72.4 Å². The van der Waals surface area contributed by atoms with E-state index in [9.17, 15) is 8.42 Å². The number of ether oxygens (including phenoxy) is 1. The summed E-state index contributed by atoms with van der Waals surface area (Å²) in [5.41, 5.74) is 5.51. The molecule has 0 rings (SSSR count). The van der Waals surface area contributed by atoms with Crippen LogP contribution in [0.1, 0.15) is 6.42 Å². The number of rotatable bonds is 6. The minimum absolute atomic E-state index is 0.163. The number of hydrogen-bond acceptors (Lipinski definition) is 4. The minimum Gasteiger partial charge on any atom is -0.383 e. The Morgan fingerprint density at radius 3 is 2.58 bits per heavy atom. The summed E-state index contributed by atoms with van der Waals surface area (Å²) in [5, 5.41) is 4.68. The summed E-state index contributed by atoms with van der Waals surface area (Å²) in [7, 11) is -2.05. The van der Waals surface area contributed by atoms with Crippen molar-refractivity contribution in [1.82, 2.24) is 4.72 Å². The van der Waals surface area contributed by atoms with Gasteiger partial charge in [0.2, 0.25) is 0 Å². The van der Waals surface area contributed by atoms with Crippen molar-refractivity contribution < 1.29 is 13.2 Å². The molecule has 1 atom stereocenters. The van der Waals surface area contributed by atoms with Gasteiger partial charge in [0.15, 0.2) is 0 Å². The predicted octanol–water partition coefficient (Wildman–Crippen LogP) is -1.86. The van der Waals surface area contributed by atoms with Gasteiger partial charge in [-0.2, -0.15) is 8.42 Å². The van der Waals surface area contributed by atoms with Crippen LogP contribution >= 0.6 is 0 Å². The van der Waals surface area contributed by atoms with Crippen molar-refractivity contribution in [1.29, 1.82) is 0 Å². The third kappa shape index (κ3) is 7.89. The Hall–Kier alpha value is -0.210. The second kappa shape index (κ2) is 5.44. The van der Waals surface area contributed by atoms with Gasteiger partial charge in [0.1, 0.15) is 0 Å². The van der Waals surface area contributed by atoms with Gasteiger partial charge < -0.3 is 10.5 Å². The molecular weight excluding hydrogens is 182 g/mol. The van der Waals surface area contributed by atoms with Crippen LogP contribution in [0, 0.1) is 0 Å². The predicted molar refractivity (Wildman–Crippen MR) is 45.6 cm³/mol. The lowest BCUT2D eigenvalue weighted by Gasteiger charge is -2.09. The molecule has 7 heteroatoms. The van der Waals surface area contributed by atoms with Crippen molar-refractivity contribution >= 4 is 10.2 Å². The van der Waals surface area contributed by atoms with Crippen molar-refractivity contribution in [2.24, 2.45) is 10.9 Å². The van der Waals surface area contributed by atoms with E-state index < -0.39 is 10.2 Å². The molecule has 0 aromatic rings. The molecule has 0 fully saturated rings. The van der Waals surface area contributed by atoms with Gasteiger partial charge >= 0.3 is 0 Å². The second-order valence-corrected chi connectivity index (χ2v) is 3.82. The van der Waals surface area contributed by atoms with Crippen LogP contribution in [0.5, 0.6) is 0 Å². The number of nitrogens with two attached hydrogens (primary N) is 2. The molecule has 0 amide bonds. The molecule has 12 heavy (non-hydrogen) atoms. The highest BCUT2D eigenvalue weighted by atomic mass is 32.2. The fourth-order valence-corrected chi connectivity index (χ4v) is 1.09. The lowest BCUT2D eigenvalue weighted by Crippen LogP contribution is -2.36. The van der Waals surface area contributed by atoms with Crippen LogP contribution in [0.15, 0.2) is 0 Å². The second-order valence-electron chi connectivity index (χ2n) is 2.44. The molecule has 5 N–H and O–H groups in total. The first-order chi connectivity index (χ1) is 5.45. The number of nitrogens with one attached hydrogen (secondary N) is 1.